The molecule has 21 rings (SSSR count). The number of aromatic nitrogens is 3. The van der Waals surface area contributed by atoms with Gasteiger partial charge in [-0.05, 0) is 220 Å². The monoisotopic (exact) mass is 1670 g/mol. The first-order chi connectivity index (χ1) is 60.9. The Hall–Kier alpha value is -14.5. The van der Waals surface area contributed by atoms with Crippen LogP contribution in [0.3, 0.4) is 0 Å². The number of nitrogens with zero attached hydrogens (tertiary/aromatic N) is 3. The van der Waals surface area contributed by atoms with Gasteiger partial charge in [0.2, 0.25) is 0 Å². The van der Waals surface area contributed by atoms with Gasteiger partial charge in [-0.25, -0.2) is 15.0 Å². The van der Waals surface area contributed by atoms with Gasteiger partial charge >= 0.3 is 7.12 Å². The number of thiazole rings is 3. The van der Waals surface area contributed by atoms with E-state index in [9.17, 15) is 10.2 Å². The van der Waals surface area contributed by atoms with Crippen molar-refractivity contribution in [3.05, 3.63) is 447 Å². The molecule has 0 saturated carbocycles. The first-order valence-corrected chi connectivity index (χ1v) is 43.7. The van der Waals surface area contributed by atoms with E-state index in [-0.39, 0.29) is 11.5 Å². The van der Waals surface area contributed by atoms with Gasteiger partial charge in [0.1, 0.15) is 32.0 Å². The third kappa shape index (κ3) is 18.2. The van der Waals surface area contributed by atoms with Crippen LogP contribution in [0.4, 0.5) is 0 Å². The Balaban J connectivity index is 0.000000118. The Bertz CT molecular complexity index is 7040. The second-order valence-corrected chi connectivity index (χ2v) is 33.6. The molecule has 0 fully saturated rings. The van der Waals surface area contributed by atoms with Crippen molar-refractivity contribution in [2.24, 2.45) is 0 Å². The van der Waals surface area contributed by atoms with Gasteiger partial charge in [0.05, 0.1) is 41.3 Å². The third-order valence-electron chi connectivity index (χ3n) is 21.8. The highest BCUT2D eigenvalue weighted by molar-refractivity contribution is 7.22. The zero-order chi connectivity index (χ0) is 84.2. The van der Waals surface area contributed by atoms with Crippen molar-refractivity contribution < 1.29 is 20.3 Å². The molecule has 18 aromatic carbocycles. The Morgan fingerprint density at radius 3 is 0.806 bits per heavy atom. The lowest BCUT2D eigenvalue weighted by Crippen LogP contribution is -2.29. The van der Waals surface area contributed by atoms with Crippen molar-refractivity contribution in [3.8, 4) is 166 Å². The van der Waals surface area contributed by atoms with Crippen LogP contribution in [0.1, 0.15) is 5.56 Å². The first kappa shape index (κ1) is 80.6. The maximum atomic E-state index is 10.6. The molecule has 0 aliphatic carbocycles. The molecule has 4 N–H and O–H groups in total. The van der Waals surface area contributed by atoms with Crippen LogP contribution < -0.4 is 5.46 Å². The molecule has 0 unspecified atom stereocenters. The van der Waals surface area contributed by atoms with Crippen LogP contribution in [0.25, 0.3) is 185 Å². The van der Waals surface area contributed by atoms with Crippen LogP contribution in [-0.2, 0) is 0 Å². The van der Waals surface area contributed by atoms with Crippen LogP contribution in [-0.4, -0.2) is 42.3 Å². The third-order valence-corrected chi connectivity index (χ3v) is 25.2. The molecule has 12 heteroatoms. The Labute approximate surface area is 738 Å². The van der Waals surface area contributed by atoms with Gasteiger partial charge in [0.25, 0.3) is 0 Å². The summed E-state index contributed by atoms with van der Waals surface area (Å²) in [5.74, 6) is 0.462. The molecule has 0 spiro atoms. The highest BCUT2D eigenvalue weighted by Gasteiger charge is 2.21. The van der Waals surface area contributed by atoms with Crippen molar-refractivity contribution in [1.29, 1.82) is 0 Å². The number of hydrogen-bond acceptors (Lipinski definition) is 10. The van der Waals surface area contributed by atoms with E-state index >= 15 is 0 Å². The average Bonchev–Trinajstić information content (AvgIpc) is 1.61. The molecule has 7 nitrogen and oxygen atoms in total. The standard InChI is InChI=1S/C38H27NS.C37H25NOS.C25H16ClNOS.C12H11BO2/c1-26-12-8-9-21-34(26)38-39-37-35(32-20-11-18-30(23-32)28-15-6-3-7-16-28)24-33(25-36(37)40-38)31-19-10-17-29(22-31)27-13-4-2-5-14-27;39-34-20-8-7-19-32(34)37-38-36-33(30-18-10-16-28(22-30)26-13-5-2-6-14-26)23-31(24-35(36)40-37)29-17-9-15-27(21-29)25-11-3-1-4-12-25;26-21-14-19(18-10-6-9-17(13-18)16-7-2-1-3-8-16)15-23-24(21)27-25(29-23)20-11-4-5-12-22(20)28;14-13(15)12-8-4-7-11(9-12)10-5-2-1-3-6-10/h2-25H,1H3;1-24,39H;1-15,28H;1-9,14-15H. The summed E-state index contributed by atoms with van der Waals surface area (Å²) < 4.78 is 3.28. The number of benzene rings is 18. The summed E-state index contributed by atoms with van der Waals surface area (Å²) in [7, 11) is -1.41. The number of phenolic OH excluding ortho intramolecular Hbond substituents is 2. The van der Waals surface area contributed by atoms with E-state index in [1.165, 1.54) is 99.5 Å². The summed E-state index contributed by atoms with van der Waals surface area (Å²) in [6.45, 7) is 2.16. The maximum absolute atomic E-state index is 10.6. The molecular weight excluding hydrogens is 1590 g/mol. The maximum Gasteiger partial charge on any atom is 0.488 e. The van der Waals surface area contributed by atoms with Crippen molar-refractivity contribution in [2.75, 3.05) is 0 Å². The van der Waals surface area contributed by atoms with Gasteiger partial charge in [0.15, 0.2) is 0 Å². The summed E-state index contributed by atoms with van der Waals surface area (Å²) in [5.41, 5.74) is 32.5. The molecular formula is C112H79BClN3O4S3. The van der Waals surface area contributed by atoms with E-state index in [2.05, 4.69) is 309 Å². The van der Waals surface area contributed by atoms with E-state index < -0.39 is 7.12 Å². The lowest BCUT2D eigenvalue weighted by atomic mass is 9.79. The molecule has 0 bridgehead atoms. The van der Waals surface area contributed by atoms with E-state index in [1.807, 2.05) is 109 Å². The molecule has 0 atom stereocenters. The minimum atomic E-state index is -1.41. The summed E-state index contributed by atoms with van der Waals surface area (Å²) in [6.07, 6.45) is 0. The van der Waals surface area contributed by atoms with Crippen LogP contribution in [0.2, 0.25) is 5.02 Å². The predicted octanol–water partition coefficient (Wildman–Crippen LogP) is 30.0. The number of para-hydroxylation sites is 2. The fraction of sp³-hybridized carbons (Fsp3) is 0.00893. The Morgan fingerprint density at radius 2 is 0.468 bits per heavy atom. The quantitative estimate of drug-likeness (QED) is 0.0755. The zero-order valence-electron chi connectivity index (χ0n) is 67.4. The number of phenols is 2. The lowest BCUT2D eigenvalue weighted by Gasteiger charge is -2.11. The van der Waals surface area contributed by atoms with Gasteiger partial charge in [-0.1, -0.05) is 357 Å². The topological polar surface area (TPSA) is 120 Å². The van der Waals surface area contributed by atoms with Crippen molar-refractivity contribution in [2.45, 2.75) is 6.92 Å². The summed E-state index contributed by atoms with van der Waals surface area (Å²) in [6, 6.07) is 149. The number of fused-ring (bicyclic) bond motifs is 3. The number of hydrogen-bond donors (Lipinski definition) is 4. The number of halogens is 1. The first-order valence-electron chi connectivity index (χ1n) is 40.8. The van der Waals surface area contributed by atoms with E-state index in [4.69, 9.17) is 31.6 Å². The Morgan fingerprint density at radius 1 is 0.218 bits per heavy atom. The predicted molar refractivity (Wildman–Crippen MR) is 524 cm³/mol. The second kappa shape index (κ2) is 37.2. The van der Waals surface area contributed by atoms with Gasteiger partial charge in [0, 0.05) is 16.7 Å². The van der Waals surface area contributed by atoms with Crippen molar-refractivity contribution in [3.63, 3.8) is 0 Å². The molecule has 0 saturated heterocycles. The number of rotatable bonds is 15. The van der Waals surface area contributed by atoms with E-state index in [0.29, 0.717) is 10.5 Å². The highest BCUT2D eigenvalue weighted by atomic mass is 35.5. The summed E-state index contributed by atoms with van der Waals surface area (Å²) >= 11 is 11.5. The minimum absolute atomic E-state index is 0.221. The number of aryl methyl sites for hydroxylation is 1. The van der Waals surface area contributed by atoms with Crippen LogP contribution in [0.5, 0.6) is 11.5 Å². The fourth-order valence-corrected chi connectivity index (χ4v) is 19.1. The fourth-order valence-electron chi connectivity index (χ4n) is 15.5. The second-order valence-electron chi connectivity index (χ2n) is 30.1. The molecule has 0 amide bonds. The van der Waals surface area contributed by atoms with Crippen molar-refractivity contribution in [1.82, 2.24) is 15.0 Å². The SMILES string of the molecule is Cc1ccccc1-c1nc2c(-c3cccc(-c4ccccc4)c3)cc(-c3cccc(-c4ccccc4)c3)cc2s1.OB(O)c1cccc(-c2ccccc2)c1.Oc1ccccc1-c1nc2c(-c3cccc(-c4ccccc4)c3)cc(-c3cccc(-c4ccccc4)c3)cc2s1.Oc1ccccc1-c1nc2c(Cl)cc(-c3cccc(-c4ccccc4)c3)cc2s1. The highest BCUT2D eigenvalue weighted by Crippen LogP contribution is 2.46. The molecule has 594 valence electrons. The van der Waals surface area contributed by atoms with E-state index in [1.54, 1.807) is 53.0 Å². The number of aromatic hydroxyl groups is 2. The largest absolute Gasteiger partial charge is 0.507 e. The lowest BCUT2D eigenvalue weighted by molar-refractivity contribution is 0.425. The molecule has 0 radical (unpaired) electrons. The van der Waals surface area contributed by atoms with Crippen molar-refractivity contribution >= 4 is 88.8 Å². The van der Waals surface area contributed by atoms with Gasteiger partial charge in [-0.2, -0.15) is 0 Å². The normalized spacial score (nSPS) is 11.0. The minimum Gasteiger partial charge on any atom is -0.507 e. The summed E-state index contributed by atoms with van der Waals surface area (Å²) in [5, 5.41) is 42.1. The van der Waals surface area contributed by atoms with Gasteiger partial charge < -0.3 is 20.3 Å². The molecule has 3 heterocycles. The van der Waals surface area contributed by atoms with Crippen LogP contribution in [0.15, 0.2) is 437 Å². The molecule has 3 aromatic heterocycles. The van der Waals surface area contributed by atoms with Gasteiger partial charge in [-0.3, -0.25) is 0 Å². The van der Waals surface area contributed by atoms with E-state index in [0.717, 1.165) is 102 Å². The van der Waals surface area contributed by atoms with Crippen LogP contribution in [0, 0.1) is 6.92 Å². The molecule has 21 aromatic rings. The summed E-state index contributed by atoms with van der Waals surface area (Å²) in [4.78, 5) is 15.0. The average molecular weight is 1670 g/mol. The smallest absolute Gasteiger partial charge is 0.488 e. The van der Waals surface area contributed by atoms with Gasteiger partial charge in [-0.15, -0.1) is 34.0 Å². The Kier molecular flexibility index (Phi) is 24.2. The molecule has 0 aliphatic rings. The zero-order valence-corrected chi connectivity index (χ0v) is 70.6. The molecule has 124 heavy (non-hydrogen) atoms. The molecule has 0 aliphatic heterocycles. The van der Waals surface area contributed by atoms with Crippen LogP contribution >= 0.6 is 45.6 Å².